The fourth-order valence-corrected chi connectivity index (χ4v) is 3.80. The van der Waals surface area contributed by atoms with Crippen LogP contribution in [0.5, 0.6) is 0 Å². The van der Waals surface area contributed by atoms with Crippen LogP contribution < -0.4 is 0 Å². The van der Waals surface area contributed by atoms with E-state index in [-0.39, 0.29) is 11.3 Å². The lowest BCUT2D eigenvalue weighted by molar-refractivity contribution is -0.130. The predicted octanol–water partition coefficient (Wildman–Crippen LogP) is 3.73. The zero-order valence-corrected chi connectivity index (χ0v) is 15.5. The van der Waals surface area contributed by atoms with Crippen LogP contribution in [0.15, 0.2) is 42.7 Å². The van der Waals surface area contributed by atoms with Crippen LogP contribution in [0.4, 0.5) is 0 Å². The summed E-state index contributed by atoms with van der Waals surface area (Å²) >= 11 is 5.99. The van der Waals surface area contributed by atoms with Crippen molar-refractivity contribution in [3.63, 3.8) is 0 Å². The summed E-state index contributed by atoms with van der Waals surface area (Å²) in [6.07, 6.45) is 5.52. The first-order chi connectivity index (χ1) is 12.5. The highest BCUT2D eigenvalue weighted by molar-refractivity contribution is 6.30. The highest BCUT2D eigenvalue weighted by Crippen LogP contribution is 2.35. The number of carbonyl (C=O) groups is 1. The number of imidazole rings is 1. The normalized spacial score (nSPS) is 20.0. The van der Waals surface area contributed by atoms with Crippen molar-refractivity contribution in [3.8, 4) is 0 Å². The SMILES string of the molecule is CC1(c2ccc(Cl)cc2)CCN(C(=O)CCc2nc3ccncc3[nH]2)C1. The van der Waals surface area contributed by atoms with Crippen LogP contribution in [-0.2, 0) is 16.6 Å². The molecular formula is C20H21ClN4O. The Morgan fingerprint density at radius 1 is 1.31 bits per heavy atom. The maximum Gasteiger partial charge on any atom is 0.223 e. The summed E-state index contributed by atoms with van der Waals surface area (Å²) in [5.74, 6) is 1.02. The number of amides is 1. The second-order valence-corrected chi connectivity index (χ2v) is 7.65. The van der Waals surface area contributed by atoms with Crippen LogP contribution in [0.3, 0.4) is 0 Å². The minimum atomic E-state index is -0.00865. The highest BCUT2D eigenvalue weighted by atomic mass is 35.5. The van der Waals surface area contributed by atoms with Gasteiger partial charge in [-0.3, -0.25) is 9.78 Å². The maximum absolute atomic E-state index is 12.7. The zero-order valence-electron chi connectivity index (χ0n) is 14.7. The Balaban J connectivity index is 1.39. The molecule has 1 aliphatic rings. The van der Waals surface area contributed by atoms with Crippen LogP contribution >= 0.6 is 11.6 Å². The molecule has 0 radical (unpaired) electrons. The molecule has 0 spiro atoms. The molecule has 1 N–H and O–H groups in total. The van der Waals surface area contributed by atoms with Crippen molar-refractivity contribution in [2.75, 3.05) is 13.1 Å². The van der Waals surface area contributed by atoms with Gasteiger partial charge in [0.1, 0.15) is 5.82 Å². The summed E-state index contributed by atoms with van der Waals surface area (Å²) in [5.41, 5.74) is 3.03. The molecule has 1 aromatic carbocycles. The Morgan fingerprint density at radius 2 is 2.12 bits per heavy atom. The van der Waals surface area contributed by atoms with E-state index >= 15 is 0 Å². The Hall–Kier alpha value is -2.40. The fraction of sp³-hybridized carbons (Fsp3) is 0.350. The van der Waals surface area contributed by atoms with Crippen molar-refractivity contribution < 1.29 is 4.79 Å². The largest absolute Gasteiger partial charge is 0.342 e. The van der Waals surface area contributed by atoms with Gasteiger partial charge < -0.3 is 9.88 Å². The summed E-state index contributed by atoms with van der Waals surface area (Å²) in [7, 11) is 0. The third-order valence-corrected chi connectivity index (χ3v) is 5.53. The minimum Gasteiger partial charge on any atom is -0.342 e. The molecular weight excluding hydrogens is 348 g/mol. The molecule has 4 rings (SSSR count). The van der Waals surface area contributed by atoms with Gasteiger partial charge in [-0.15, -0.1) is 0 Å². The summed E-state index contributed by atoms with van der Waals surface area (Å²) in [5, 5.41) is 0.740. The van der Waals surface area contributed by atoms with Gasteiger partial charge in [-0.1, -0.05) is 30.7 Å². The quantitative estimate of drug-likeness (QED) is 0.763. The molecule has 3 aromatic rings. The lowest BCUT2D eigenvalue weighted by atomic mass is 9.82. The third-order valence-electron chi connectivity index (χ3n) is 5.28. The van der Waals surface area contributed by atoms with Crippen LogP contribution in [0.2, 0.25) is 5.02 Å². The van der Waals surface area contributed by atoms with Crippen LogP contribution in [0.25, 0.3) is 11.0 Å². The number of hydrogen-bond acceptors (Lipinski definition) is 3. The van der Waals surface area contributed by atoms with Crippen LogP contribution in [-0.4, -0.2) is 38.8 Å². The number of aryl methyl sites for hydroxylation is 1. The van der Waals surface area contributed by atoms with Gasteiger partial charge in [-0.25, -0.2) is 4.98 Å². The van der Waals surface area contributed by atoms with E-state index in [1.54, 1.807) is 12.4 Å². The van der Waals surface area contributed by atoms with Crippen molar-refractivity contribution in [1.82, 2.24) is 19.9 Å². The van der Waals surface area contributed by atoms with Crippen molar-refractivity contribution in [3.05, 3.63) is 59.1 Å². The number of hydrogen-bond donors (Lipinski definition) is 1. The number of rotatable bonds is 4. The number of fused-ring (bicyclic) bond motifs is 1. The van der Waals surface area contributed by atoms with E-state index in [1.807, 2.05) is 23.1 Å². The van der Waals surface area contributed by atoms with E-state index in [0.29, 0.717) is 12.8 Å². The average Bonchev–Trinajstić information content (AvgIpc) is 3.24. The first kappa shape index (κ1) is 17.0. The van der Waals surface area contributed by atoms with Gasteiger partial charge in [-0.2, -0.15) is 0 Å². The van der Waals surface area contributed by atoms with Gasteiger partial charge in [0.2, 0.25) is 5.91 Å². The Labute approximate surface area is 157 Å². The number of halogens is 1. The van der Waals surface area contributed by atoms with Gasteiger partial charge >= 0.3 is 0 Å². The molecule has 2 aromatic heterocycles. The predicted molar refractivity (Wildman–Crippen MR) is 102 cm³/mol. The van der Waals surface area contributed by atoms with Gasteiger partial charge in [-0.05, 0) is 30.2 Å². The Kier molecular flexibility index (Phi) is 4.41. The minimum absolute atomic E-state index is 0.00865. The monoisotopic (exact) mass is 368 g/mol. The number of likely N-dealkylation sites (tertiary alicyclic amines) is 1. The number of pyridine rings is 1. The van der Waals surface area contributed by atoms with Crippen LogP contribution in [0, 0.1) is 0 Å². The molecule has 1 amide bonds. The summed E-state index contributed by atoms with van der Waals surface area (Å²) in [4.78, 5) is 26.5. The lowest BCUT2D eigenvalue weighted by Crippen LogP contribution is -2.33. The van der Waals surface area contributed by atoms with E-state index in [0.717, 1.165) is 41.4 Å². The summed E-state index contributed by atoms with van der Waals surface area (Å²) in [6.45, 7) is 3.76. The molecule has 0 saturated carbocycles. The molecule has 1 fully saturated rings. The molecule has 1 atom stereocenters. The summed E-state index contributed by atoms with van der Waals surface area (Å²) in [6, 6.07) is 9.85. The molecule has 0 aliphatic carbocycles. The van der Waals surface area contributed by atoms with E-state index in [4.69, 9.17) is 11.6 Å². The molecule has 3 heterocycles. The number of benzene rings is 1. The molecule has 0 bridgehead atoms. The number of H-pyrrole nitrogens is 1. The maximum atomic E-state index is 12.7. The first-order valence-electron chi connectivity index (χ1n) is 8.86. The van der Waals surface area contributed by atoms with Crippen molar-refractivity contribution in [2.24, 2.45) is 0 Å². The Morgan fingerprint density at radius 3 is 2.88 bits per heavy atom. The van der Waals surface area contributed by atoms with E-state index in [1.165, 1.54) is 5.56 Å². The van der Waals surface area contributed by atoms with E-state index in [2.05, 4.69) is 34.0 Å². The second-order valence-electron chi connectivity index (χ2n) is 7.21. The Bertz CT molecular complexity index is 903. The number of nitrogens with one attached hydrogen (secondary N) is 1. The number of nitrogens with zero attached hydrogens (tertiary/aromatic N) is 3. The highest BCUT2D eigenvalue weighted by Gasteiger charge is 2.37. The molecule has 1 unspecified atom stereocenters. The smallest absolute Gasteiger partial charge is 0.223 e. The first-order valence-corrected chi connectivity index (χ1v) is 9.24. The molecule has 6 heteroatoms. The standard InChI is InChI=1S/C20H21ClN4O/c1-20(14-2-4-15(21)5-3-14)9-11-25(13-20)19(26)7-6-18-23-16-8-10-22-12-17(16)24-18/h2-5,8,10,12H,6-7,9,11,13H2,1H3,(H,23,24). The molecule has 134 valence electrons. The molecule has 26 heavy (non-hydrogen) atoms. The third kappa shape index (κ3) is 3.31. The van der Waals surface area contributed by atoms with Gasteiger partial charge in [0, 0.05) is 42.6 Å². The molecule has 1 saturated heterocycles. The van der Waals surface area contributed by atoms with Crippen LogP contribution in [0.1, 0.15) is 31.2 Å². The number of carbonyl (C=O) groups excluding carboxylic acids is 1. The van der Waals surface area contributed by atoms with E-state index in [9.17, 15) is 4.79 Å². The van der Waals surface area contributed by atoms with Gasteiger partial charge in [0.25, 0.3) is 0 Å². The second kappa shape index (κ2) is 6.72. The van der Waals surface area contributed by atoms with Gasteiger partial charge in [0.15, 0.2) is 0 Å². The zero-order chi connectivity index (χ0) is 18.1. The van der Waals surface area contributed by atoms with Crippen molar-refractivity contribution >= 4 is 28.5 Å². The topological polar surface area (TPSA) is 61.9 Å². The lowest BCUT2D eigenvalue weighted by Gasteiger charge is -2.25. The number of aromatic amines is 1. The van der Waals surface area contributed by atoms with E-state index < -0.39 is 0 Å². The van der Waals surface area contributed by atoms with Crippen molar-refractivity contribution in [1.29, 1.82) is 0 Å². The fourth-order valence-electron chi connectivity index (χ4n) is 3.67. The van der Waals surface area contributed by atoms with Crippen molar-refractivity contribution in [2.45, 2.75) is 31.6 Å². The molecule has 1 aliphatic heterocycles. The molecule has 5 nitrogen and oxygen atoms in total. The number of aromatic nitrogens is 3. The van der Waals surface area contributed by atoms with Gasteiger partial charge in [0.05, 0.1) is 17.2 Å². The summed E-state index contributed by atoms with van der Waals surface area (Å²) < 4.78 is 0. The average molecular weight is 369 g/mol.